The molecule has 0 N–H and O–H groups in total. The van der Waals surface area contributed by atoms with E-state index in [0.29, 0.717) is 6.42 Å². The summed E-state index contributed by atoms with van der Waals surface area (Å²) in [5.74, 6) is 0.189. The van der Waals surface area contributed by atoms with E-state index in [1.165, 1.54) is 18.5 Å². The molecule has 3 aromatic heterocycles. The molecule has 1 fully saturated rings. The van der Waals surface area contributed by atoms with Crippen LogP contribution in [-0.4, -0.2) is 31.3 Å². The summed E-state index contributed by atoms with van der Waals surface area (Å²) < 4.78 is 4.13. The number of hydrogen-bond donors (Lipinski definition) is 0. The van der Waals surface area contributed by atoms with Gasteiger partial charge in [-0.05, 0) is 25.0 Å². The van der Waals surface area contributed by atoms with Gasteiger partial charge in [-0.3, -0.25) is 9.20 Å². The molecule has 126 valence electrons. The highest BCUT2D eigenvalue weighted by atomic mass is 32.1. The smallest absolute Gasteiger partial charge is 0.229 e. The zero-order chi connectivity index (χ0) is 16.5. The number of fused-ring (bicyclic) bond motifs is 1. The lowest BCUT2D eigenvalue weighted by Crippen LogP contribution is -2.36. The number of hydrogen-bond acceptors (Lipinski definition) is 3. The molecule has 6 heteroatoms. The summed E-state index contributed by atoms with van der Waals surface area (Å²) in [4.78, 5) is 20.6. The Kier molecular flexibility index (Phi) is 4.14. The van der Waals surface area contributed by atoms with Gasteiger partial charge in [0.1, 0.15) is 0 Å². The maximum Gasteiger partial charge on any atom is 0.229 e. The minimum absolute atomic E-state index is 0.184. The van der Waals surface area contributed by atoms with Gasteiger partial charge in [0.2, 0.25) is 5.91 Å². The van der Waals surface area contributed by atoms with E-state index in [9.17, 15) is 4.79 Å². The van der Waals surface area contributed by atoms with Crippen LogP contribution in [0.3, 0.4) is 0 Å². The summed E-state index contributed by atoms with van der Waals surface area (Å²) in [6, 6.07) is 4.39. The lowest BCUT2D eigenvalue weighted by molar-refractivity contribution is -0.133. The Morgan fingerprint density at radius 1 is 1.33 bits per heavy atom. The van der Waals surface area contributed by atoms with Crippen molar-refractivity contribution < 1.29 is 4.79 Å². The second-order valence-corrected chi connectivity index (χ2v) is 7.37. The van der Waals surface area contributed by atoms with E-state index < -0.39 is 0 Å². The van der Waals surface area contributed by atoms with Crippen LogP contribution >= 0.6 is 11.3 Å². The molecule has 5 nitrogen and oxygen atoms in total. The highest BCUT2D eigenvalue weighted by Gasteiger charge is 2.28. The van der Waals surface area contributed by atoms with Crippen LogP contribution in [-0.2, 0) is 18.3 Å². The molecule has 4 rings (SSSR count). The number of thiazole rings is 1. The molecule has 1 unspecified atom stereocenters. The van der Waals surface area contributed by atoms with Crippen molar-refractivity contribution in [1.82, 2.24) is 18.9 Å². The summed E-state index contributed by atoms with van der Waals surface area (Å²) in [5.41, 5.74) is 2.10. The molecular weight excluding hydrogens is 320 g/mol. The maximum absolute atomic E-state index is 13.0. The van der Waals surface area contributed by atoms with Gasteiger partial charge in [0.05, 0.1) is 18.2 Å². The van der Waals surface area contributed by atoms with Crippen molar-refractivity contribution in [2.45, 2.75) is 38.1 Å². The molecule has 1 aliphatic heterocycles. The van der Waals surface area contributed by atoms with Gasteiger partial charge in [-0.2, -0.15) is 0 Å². The summed E-state index contributed by atoms with van der Waals surface area (Å²) >= 11 is 1.60. The number of imidazole rings is 1. The molecule has 4 heterocycles. The van der Waals surface area contributed by atoms with Crippen LogP contribution in [0.4, 0.5) is 0 Å². The lowest BCUT2D eigenvalue weighted by atomic mass is 10.1. The molecule has 24 heavy (non-hydrogen) atoms. The standard InChI is InChI=1S/C18H22N4OS/c1-20-8-5-7-15(20)16-6-3-2-4-9-22(16)17(23)12-14-13-21-10-11-24-18(21)19-14/h5,7-8,10-11,13,16H,2-4,6,9,12H2,1H3. The van der Waals surface area contributed by atoms with Crippen LogP contribution < -0.4 is 0 Å². The minimum atomic E-state index is 0.184. The third kappa shape index (κ3) is 2.86. The van der Waals surface area contributed by atoms with Crippen LogP contribution in [0.25, 0.3) is 4.96 Å². The number of rotatable bonds is 3. The van der Waals surface area contributed by atoms with Crippen LogP contribution in [0.2, 0.25) is 0 Å². The summed E-state index contributed by atoms with van der Waals surface area (Å²) in [6.45, 7) is 0.844. The Morgan fingerprint density at radius 3 is 3.04 bits per heavy atom. The average Bonchev–Trinajstić information content (AvgIpc) is 3.20. The molecule has 0 saturated carbocycles. The van der Waals surface area contributed by atoms with Crippen molar-refractivity contribution in [3.63, 3.8) is 0 Å². The van der Waals surface area contributed by atoms with E-state index in [4.69, 9.17) is 0 Å². The number of aryl methyl sites for hydroxylation is 1. The maximum atomic E-state index is 13.0. The highest BCUT2D eigenvalue weighted by molar-refractivity contribution is 7.15. The lowest BCUT2D eigenvalue weighted by Gasteiger charge is -2.30. The first-order valence-electron chi connectivity index (χ1n) is 8.54. The molecule has 0 aliphatic carbocycles. The van der Waals surface area contributed by atoms with Crippen molar-refractivity contribution in [2.75, 3.05) is 6.54 Å². The van der Waals surface area contributed by atoms with Gasteiger partial charge in [-0.15, -0.1) is 11.3 Å². The Labute approximate surface area is 145 Å². The monoisotopic (exact) mass is 342 g/mol. The van der Waals surface area contributed by atoms with Gasteiger partial charge in [-0.25, -0.2) is 4.98 Å². The third-order valence-corrected chi connectivity index (χ3v) is 5.64. The molecule has 1 atom stereocenters. The summed E-state index contributed by atoms with van der Waals surface area (Å²) in [6.07, 6.45) is 10.9. The van der Waals surface area contributed by atoms with Crippen molar-refractivity contribution in [3.8, 4) is 0 Å². The largest absolute Gasteiger partial charge is 0.353 e. The molecule has 1 amide bonds. The van der Waals surface area contributed by atoms with Crippen LogP contribution in [0.15, 0.2) is 36.1 Å². The molecular formula is C18H22N4OS. The van der Waals surface area contributed by atoms with E-state index in [1.54, 1.807) is 11.3 Å². The molecule has 3 aromatic rings. The van der Waals surface area contributed by atoms with Gasteiger partial charge in [0.25, 0.3) is 0 Å². The van der Waals surface area contributed by atoms with Gasteiger partial charge >= 0.3 is 0 Å². The van der Waals surface area contributed by atoms with E-state index in [-0.39, 0.29) is 11.9 Å². The van der Waals surface area contributed by atoms with Crippen molar-refractivity contribution in [2.24, 2.45) is 7.05 Å². The Bertz CT molecular complexity index is 818. The van der Waals surface area contributed by atoms with Crippen LogP contribution in [0, 0.1) is 0 Å². The van der Waals surface area contributed by atoms with Crippen molar-refractivity contribution in [1.29, 1.82) is 0 Å². The van der Waals surface area contributed by atoms with E-state index in [1.807, 2.05) is 22.2 Å². The Hall–Kier alpha value is -2.08. The fourth-order valence-electron chi connectivity index (χ4n) is 3.65. The number of likely N-dealkylation sites (tertiary alicyclic amines) is 1. The SMILES string of the molecule is Cn1cccc1C1CCCCCN1C(=O)Cc1cn2ccsc2n1. The second kappa shape index (κ2) is 6.43. The molecule has 0 aromatic carbocycles. The average molecular weight is 342 g/mol. The predicted octanol–water partition coefficient (Wildman–Crippen LogP) is 3.42. The quantitative estimate of drug-likeness (QED) is 0.732. The Morgan fingerprint density at radius 2 is 2.25 bits per heavy atom. The van der Waals surface area contributed by atoms with Crippen molar-refractivity contribution in [3.05, 3.63) is 47.5 Å². The first kappa shape index (κ1) is 15.4. The van der Waals surface area contributed by atoms with Gasteiger partial charge < -0.3 is 9.47 Å². The fourth-order valence-corrected chi connectivity index (χ4v) is 4.37. The first-order chi connectivity index (χ1) is 11.7. The van der Waals surface area contributed by atoms with Gasteiger partial charge in [-0.1, -0.05) is 12.8 Å². The Balaban J connectivity index is 1.57. The minimum Gasteiger partial charge on any atom is -0.353 e. The van der Waals surface area contributed by atoms with E-state index in [0.717, 1.165) is 30.0 Å². The van der Waals surface area contributed by atoms with Crippen LogP contribution in [0.5, 0.6) is 0 Å². The highest BCUT2D eigenvalue weighted by Crippen LogP contribution is 2.30. The second-order valence-electron chi connectivity index (χ2n) is 6.50. The summed E-state index contributed by atoms with van der Waals surface area (Å²) in [7, 11) is 2.06. The molecule has 0 bridgehead atoms. The van der Waals surface area contributed by atoms with Gasteiger partial charge in [0.15, 0.2) is 4.96 Å². The summed E-state index contributed by atoms with van der Waals surface area (Å²) in [5, 5.41) is 2.01. The topological polar surface area (TPSA) is 42.5 Å². The molecule has 1 saturated heterocycles. The molecule has 0 spiro atoms. The number of carbonyl (C=O) groups excluding carboxylic acids is 1. The number of carbonyl (C=O) groups is 1. The molecule has 0 radical (unpaired) electrons. The predicted molar refractivity (Wildman–Crippen MR) is 95.1 cm³/mol. The van der Waals surface area contributed by atoms with E-state index in [2.05, 4.69) is 39.8 Å². The van der Waals surface area contributed by atoms with Gasteiger partial charge in [0, 0.05) is 43.3 Å². The molecule has 1 aliphatic rings. The fraction of sp³-hybridized carbons (Fsp3) is 0.444. The first-order valence-corrected chi connectivity index (χ1v) is 9.42. The number of amides is 1. The normalized spacial score (nSPS) is 18.9. The number of aromatic nitrogens is 3. The zero-order valence-corrected chi connectivity index (χ0v) is 14.7. The van der Waals surface area contributed by atoms with E-state index >= 15 is 0 Å². The van der Waals surface area contributed by atoms with Crippen molar-refractivity contribution >= 4 is 22.2 Å². The third-order valence-electron chi connectivity index (χ3n) is 4.87. The van der Waals surface area contributed by atoms with Crippen LogP contribution in [0.1, 0.15) is 43.1 Å². The zero-order valence-electron chi connectivity index (χ0n) is 13.9. The number of nitrogens with zero attached hydrogens (tertiary/aromatic N) is 4.